The first kappa shape index (κ1) is 18.0. The normalized spacial score (nSPS) is 17.3. The molecule has 0 saturated carbocycles. The van der Waals surface area contributed by atoms with Gasteiger partial charge in [-0.3, -0.25) is 9.59 Å². The molecule has 5 nitrogen and oxygen atoms in total. The van der Waals surface area contributed by atoms with Gasteiger partial charge in [0.15, 0.2) is 0 Å². The van der Waals surface area contributed by atoms with E-state index in [1.165, 1.54) is 0 Å². The minimum atomic E-state index is -0.127. The van der Waals surface area contributed by atoms with Gasteiger partial charge in [-0.25, -0.2) is 0 Å². The average Bonchev–Trinajstić information content (AvgIpc) is 2.64. The second-order valence-electron chi connectivity index (χ2n) is 6.58. The summed E-state index contributed by atoms with van der Waals surface area (Å²) in [6.45, 7) is 7.06. The van der Waals surface area contributed by atoms with Gasteiger partial charge in [0, 0.05) is 23.8 Å². The Morgan fingerprint density at radius 3 is 2.38 bits per heavy atom. The van der Waals surface area contributed by atoms with Crippen molar-refractivity contribution in [3.05, 3.63) is 59.7 Å². The van der Waals surface area contributed by atoms with E-state index in [4.69, 9.17) is 4.74 Å². The number of carbonyl (C=O) groups excluding carboxylic acids is 2. The first-order valence-corrected chi connectivity index (χ1v) is 8.90. The summed E-state index contributed by atoms with van der Waals surface area (Å²) in [4.78, 5) is 28.8. The smallest absolute Gasteiger partial charge is 0.254 e. The highest BCUT2D eigenvalue weighted by atomic mass is 16.5. The van der Waals surface area contributed by atoms with Gasteiger partial charge >= 0.3 is 0 Å². The molecule has 26 heavy (non-hydrogen) atoms. The van der Waals surface area contributed by atoms with E-state index < -0.39 is 0 Å². The number of benzene rings is 2. The summed E-state index contributed by atoms with van der Waals surface area (Å²) in [6.07, 6.45) is 0. The van der Waals surface area contributed by atoms with E-state index in [1.807, 2.05) is 45.0 Å². The molecule has 2 amide bonds. The number of nitrogens with zero attached hydrogens (tertiary/aromatic N) is 2. The molecule has 1 aliphatic rings. The molecule has 1 fully saturated rings. The van der Waals surface area contributed by atoms with Gasteiger partial charge < -0.3 is 14.5 Å². The van der Waals surface area contributed by atoms with E-state index in [1.54, 1.807) is 34.1 Å². The SMILES string of the molecule is CCOc1ccc(C(=O)N2CC(=O)N(c3ccc(C)cc3)CC2C)cc1. The van der Waals surface area contributed by atoms with Crippen molar-refractivity contribution in [2.75, 3.05) is 24.6 Å². The number of piperazine rings is 1. The Morgan fingerprint density at radius 2 is 1.77 bits per heavy atom. The Morgan fingerprint density at radius 1 is 1.12 bits per heavy atom. The van der Waals surface area contributed by atoms with Crippen LogP contribution in [-0.2, 0) is 4.79 Å². The van der Waals surface area contributed by atoms with Crippen LogP contribution in [0, 0.1) is 6.92 Å². The van der Waals surface area contributed by atoms with Crippen LogP contribution in [0.1, 0.15) is 29.8 Å². The molecule has 1 unspecified atom stereocenters. The quantitative estimate of drug-likeness (QED) is 0.848. The summed E-state index contributed by atoms with van der Waals surface area (Å²) in [6, 6.07) is 14.9. The largest absolute Gasteiger partial charge is 0.494 e. The fourth-order valence-electron chi connectivity index (χ4n) is 3.12. The summed E-state index contributed by atoms with van der Waals surface area (Å²) in [5.74, 6) is 0.543. The van der Waals surface area contributed by atoms with Crippen LogP contribution in [0.2, 0.25) is 0 Å². The van der Waals surface area contributed by atoms with Gasteiger partial charge in [0.1, 0.15) is 12.3 Å². The number of anilines is 1. The van der Waals surface area contributed by atoms with E-state index in [2.05, 4.69) is 0 Å². The number of amides is 2. The topological polar surface area (TPSA) is 49.9 Å². The Hall–Kier alpha value is -2.82. The third kappa shape index (κ3) is 3.72. The van der Waals surface area contributed by atoms with Gasteiger partial charge in [0.2, 0.25) is 5.91 Å². The number of ether oxygens (including phenoxy) is 1. The Balaban J connectivity index is 1.73. The molecule has 5 heteroatoms. The first-order valence-electron chi connectivity index (χ1n) is 8.90. The Bertz CT molecular complexity index is 784. The summed E-state index contributed by atoms with van der Waals surface area (Å²) >= 11 is 0. The van der Waals surface area contributed by atoms with Crippen LogP contribution < -0.4 is 9.64 Å². The van der Waals surface area contributed by atoms with Crippen molar-refractivity contribution >= 4 is 17.5 Å². The molecule has 136 valence electrons. The van der Waals surface area contributed by atoms with Crippen molar-refractivity contribution in [1.82, 2.24) is 4.90 Å². The van der Waals surface area contributed by atoms with Crippen LogP contribution in [0.15, 0.2) is 48.5 Å². The van der Waals surface area contributed by atoms with E-state index in [9.17, 15) is 9.59 Å². The predicted octanol–water partition coefficient (Wildman–Crippen LogP) is 3.27. The zero-order valence-corrected chi connectivity index (χ0v) is 15.4. The molecular formula is C21H24N2O3. The molecule has 3 rings (SSSR count). The highest BCUT2D eigenvalue weighted by Crippen LogP contribution is 2.22. The van der Waals surface area contributed by atoms with Gasteiger partial charge in [-0.1, -0.05) is 17.7 Å². The number of rotatable bonds is 4. The van der Waals surface area contributed by atoms with Crippen molar-refractivity contribution < 1.29 is 14.3 Å². The fourth-order valence-corrected chi connectivity index (χ4v) is 3.12. The lowest BCUT2D eigenvalue weighted by atomic mass is 10.1. The minimum Gasteiger partial charge on any atom is -0.494 e. The lowest BCUT2D eigenvalue weighted by Gasteiger charge is -2.39. The fraction of sp³-hybridized carbons (Fsp3) is 0.333. The lowest BCUT2D eigenvalue weighted by Crippen LogP contribution is -2.57. The van der Waals surface area contributed by atoms with Crippen molar-refractivity contribution in [3.8, 4) is 5.75 Å². The molecular weight excluding hydrogens is 328 g/mol. The van der Waals surface area contributed by atoms with Crippen molar-refractivity contribution in [2.45, 2.75) is 26.8 Å². The molecule has 1 heterocycles. The van der Waals surface area contributed by atoms with E-state index in [0.717, 1.165) is 17.0 Å². The maximum Gasteiger partial charge on any atom is 0.254 e. The van der Waals surface area contributed by atoms with Crippen LogP contribution in [-0.4, -0.2) is 42.5 Å². The van der Waals surface area contributed by atoms with Crippen LogP contribution in [0.3, 0.4) is 0 Å². The maximum absolute atomic E-state index is 12.8. The second-order valence-corrected chi connectivity index (χ2v) is 6.58. The summed E-state index contributed by atoms with van der Waals surface area (Å²) in [5.41, 5.74) is 2.59. The van der Waals surface area contributed by atoms with Gasteiger partial charge in [-0.05, 0) is 57.2 Å². The summed E-state index contributed by atoms with van der Waals surface area (Å²) in [7, 11) is 0. The zero-order valence-electron chi connectivity index (χ0n) is 15.4. The third-order valence-electron chi connectivity index (χ3n) is 4.60. The molecule has 2 aromatic rings. The van der Waals surface area contributed by atoms with Gasteiger partial charge in [0.25, 0.3) is 5.91 Å². The Labute approximate surface area is 154 Å². The molecule has 0 spiro atoms. The number of hydrogen-bond acceptors (Lipinski definition) is 3. The van der Waals surface area contributed by atoms with Gasteiger partial charge in [-0.2, -0.15) is 0 Å². The molecule has 0 bridgehead atoms. The van der Waals surface area contributed by atoms with E-state index >= 15 is 0 Å². The van der Waals surface area contributed by atoms with Crippen molar-refractivity contribution in [1.29, 1.82) is 0 Å². The molecule has 0 aromatic heterocycles. The van der Waals surface area contributed by atoms with Crippen molar-refractivity contribution in [3.63, 3.8) is 0 Å². The predicted molar refractivity (Wildman–Crippen MR) is 102 cm³/mol. The molecule has 1 saturated heterocycles. The van der Waals surface area contributed by atoms with Gasteiger partial charge in [-0.15, -0.1) is 0 Å². The van der Waals surface area contributed by atoms with Crippen LogP contribution in [0.5, 0.6) is 5.75 Å². The first-order chi connectivity index (χ1) is 12.5. The highest BCUT2D eigenvalue weighted by Gasteiger charge is 2.33. The molecule has 1 atom stereocenters. The maximum atomic E-state index is 12.8. The van der Waals surface area contributed by atoms with E-state index in [0.29, 0.717) is 18.7 Å². The van der Waals surface area contributed by atoms with Crippen molar-refractivity contribution in [2.24, 2.45) is 0 Å². The molecule has 0 N–H and O–H groups in total. The van der Waals surface area contributed by atoms with Crippen LogP contribution >= 0.6 is 0 Å². The second kappa shape index (κ2) is 7.60. The summed E-state index contributed by atoms with van der Waals surface area (Å²) < 4.78 is 5.41. The average molecular weight is 352 g/mol. The number of aryl methyl sites for hydroxylation is 1. The molecule has 2 aromatic carbocycles. The number of carbonyl (C=O) groups is 2. The van der Waals surface area contributed by atoms with Crippen LogP contribution in [0.25, 0.3) is 0 Å². The monoisotopic (exact) mass is 352 g/mol. The standard InChI is InChI=1S/C21H24N2O3/c1-4-26-19-11-7-17(8-12-19)21(25)22-14-20(24)23(13-16(22)3)18-9-5-15(2)6-10-18/h5-12,16H,4,13-14H2,1-3H3. The van der Waals surface area contributed by atoms with Crippen LogP contribution in [0.4, 0.5) is 5.69 Å². The zero-order chi connectivity index (χ0) is 18.7. The molecule has 0 radical (unpaired) electrons. The third-order valence-corrected chi connectivity index (χ3v) is 4.60. The molecule has 1 aliphatic heterocycles. The summed E-state index contributed by atoms with van der Waals surface area (Å²) in [5, 5.41) is 0. The molecule has 0 aliphatic carbocycles. The lowest BCUT2D eigenvalue weighted by molar-refractivity contribution is -0.121. The Kier molecular flexibility index (Phi) is 5.26. The van der Waals surface area contributed by atoms with Gasteiger partial charge in [0.05, 0.1) is 6.61 Å². The minimum absolute atomic E-state index is 0.0620. The van der Waals surface area contributed by atoms with E-state index in [-0.39, 0.29) is 24.4 Å². The highest BCUT2D eigenvalue weighted by molar-refractivity contribution is 6.02. The number of hydrogen-bond donors (Lipinski definition) is 0.